The molecule has 0 aliphatic heterocycles. The van der Waals surface area contributed by atoms with E-state index >= 15 is 0 Å². The van der Waals surface area contributed by atoms with Crippen LogP contribution in [0.15, 0.2) is 0 Å². The summed E-state index contributed by atoms with van der Waals surface area (Å²) in [5.41, 5.74) is 0. The van der Waals surface area contributed by atoms with Crippen molar-refractivity contribution in [1.29, 1.82) is 0 Å². The highest BCUT2D eigenvalue weighted by Crippen LogP contribution is 2.08. The van der Waals surface area contributed by atoms with Crippen LogP contribution in [0.3, 0.4) is 0 Å². The molecule has 3 amide bonds. The Balaban J connectivity index is 5.06. The van der Waals surface area contributed by atoms with Crippen LogP contribution < -0.4 is 0 Å². The van der Waals surface area contributed by atoms with Gasteiger partial charge in [0, 0.05) is 6.54 Å². The lowest BCUT2D eigenvalue weighted by Gasteiger charge is -2.28. The second kappa shape index (κ2) is 11.2. The number of carboxylic acids is 1. The molecular weight excluding hydrogens is 324 g/mol. The van der Waals surface area contributed by atoms with E-state index in [-0.39, 0.29) is 25.6 Å². The highest BCUT2D eigenvalue weighted by atomic mass is 16.7. The van der Waals surface area contributed by atoms with Gasteiger partial charge in [0.05, 0.1) is 32.6 Å². The summed E-state index contributed by atoms with van der Waals surface area (Å²) in [5.74, 6) is -2.23. The molecule has 10 heteroatoms. The van der Waals surface area contributed by atoms with Crippen LogP contribution in [0.4, 0.5) is 9.59 Å². The second-order valence-electron chi connectivity index (χ2n) is 5.17. The number of carboxylic acid groups (broad SMARTS) is 1. The average molecular weight is 348 g/mol. The number of hydrogen-bond acceptors (Lipinski definition) is 7. The minimum absolute atomic E-state index is 0.0201. The molecule has 0 aliphatic rings. The number of ether oxygens (including phenoxy) is 1. The SMILES string of the molecule is CCOC(=O)N(CC(C)C)C(=O)N(CCO)OC(=O)CCC(=O)O. The van der Waals surface area contributed by atoms with Crippen molar-refractivity contribution >= 4 is 24.1 Å². The van der Waals surface area contributed by atoms with Gasteiger partial charge in [-0.15, -0.1) is 0 Å². The lowest BCUT2D eigenvalue weighted by molar-refractivity contribution is -0.180. The Morgan fingerprint density at radius 3 is 2.21 bits per heavy atom. The first-order valence-electron chi connectivity index (χ1n) is 7.52. The molecule has 0 aromatic heterocycles. The number of rotatable bonds is 8. The van der Waals surface area contributed by atoms with E-state index in [0.29, 0.717) is 5.06 Å². The van der Waals surface area contributed by atoms with Crippen molar-refractivity contribution in [2.75, 3.05) is 26.3 Å². The van der Waals surface area contributed by atoms with E-state index in [0.717, 1.165) is 4.90 Å². The molecule has 0 fully saturated rings. The van der Waals surface area contributed by atoms with Crippen molar-refractivity contribution in [3.63, 3.8) is 0 Å². The number of aliphatic carboxylic acids is 1. The molecule has 0 aromatic rings. The van der Waals surface area contributed by atoms with Gasteiger partial charge in [0.15, 0.2) is 0 Å². The van der Waals surface area contributed by atoms with Crippen molar-refractivity contribution in [2.24, 2.45) is 5.92 Å². The Morgan fingerprint density at radius 1 is 1.12 bits per heavy atom. The van der Waals surface area contributed by atoms with Crippen molar-refractivity contribution in [1.82, 2.24) is 9.96 Å². The summed E-state index contributed by atoms with van der Waals surface area (Å²) in [4.78, 5) is 51.9. The lowest BCUT2D eigenvalue weighted by atomic mass is 10.2. The van der Waals surface area contributed by atoms with Crippen molar-refractivity contribution < 1.29 is 39.0 Å². The molecule has 0 rings (SSSR count). The highest BCUT2D eigenvalue weighted by Gasteiger charge is 2.30. The van der Waals surface area contributed by atoms with E-state index in [2.05, 4.69) is 0 Å². The number of amides is 3. The molecule has 0 saturated heterocycles. The number of urea groups is 1. The van der Waals surface area contributed by atoms with E-state index in [1.165, 1.54) is 0 Å². The van der Waals surface area contributed by atoms with Crippen molar-refractivity contribution in [2.45, 2.75) is 33.6 Å². The molecule has 0 spiro atoms. The van der Waals surface area contributed by atoms with E-state index in [4.69, 9.17) is 19.8 Å². The third kappa shape index (κ3) is 8.32. The van der Waals surface area contributed by atoms with Gasteiger partial charge in [-0.3, -0.25) is 4.79 Å². The number of carbonyl (C=O) groups excluding carboxylic acids is 3. The molecule has 10 nitrogen and oxygen atoms in total. The van der Waals surface area contributed by atoms with Gasteiger partial charge in [0.2, 0.25) is 0 Å². The van der Waals surface area contributed by atoms with Crippen LogP contribution in [0.25, 0.3) is 0 Å². The monoisotopic (exact) mass is 348 g/mol. The fourth-order valence-corrected chi connectivity index (χ4v) is 1.58. The number of aliphatic hydroxyl groups is 1. The maximum Gasteiger partial charge on any atom is 0.418 e. The number of nitrogens with zero attached hydrogens (tertiary/aromatic N) is 2. The van der Waals surface area contributed by atoms with Gasteiger partial charge in [-0.05, 0) is 12.8 Å². The highest BCUT2D eigenvalue weighted by molar-refractivity contribution is 5.91. The largest absolute Gasteiger partial charge is 0.481 e. The smallest absolute Gasteiger partial charge is 0.418 e. The minimum atomic E-state index is -1.19. The summed E-state index contributed by atoms with van der Waals surface area (Å²) in [6.45, 7) is 4.31. The van der Waals surface area contributed by atoms with Crippen LogP contribution >= 0.6 is 0 Å². The zero-order valence-electron chi connectivity index (χ0n) is 14.1. The molecule has 0 aromatic carbocycles. The summed E-state index contributed by atoms with van der Waals surface area (Å²) in [6, 6.07) is -0.972. The van der Waals surface area contributed by atoms with E-state index < -0.39 is 43.5 Å². The van der Waals surface area contributed by atoms with Gasteiger partial charge >= 0.3 is 24.1 Å². The molecular formula is C14H24N2O8. The number of hydrogen-bond donors (Lipinski definition) is 2. The fraction of sp³-hybridized carbons (Fsp3) is 0.714. The standard InChI is InChI=1S/C14H24N2O8/c1-4-23-14(22)15(9-10(2)3)13(21)16(7-8-17)24-12(20)6-5-11(18)19/h10,17H,4-9H2,1-3H3,(H,18,19). The molecule has 0 radical (unpaired) electrons. The Hall–Kier alpha value is -2.36. The Kier molecular flexibility index (Phi) is 10.1. The molecule has 0 saturated carbocycles. The molecule has 0 unspecified atom stereocenters. The van der Waals surface area contributed by atoms with Crippen LogP contribution in [0.1, 0.15) is 33.6 Å². The zero-order valence-corrected chi connectivity index (χ0v) is 14.1. The number of carbonyl (C=O) groups is 4. The minimum Gasteiger partial charge on any atom is -0.481 e. The molecule has 0 heterocycles. The first-order chi connectivity index (χ1) is 11.2. The lowest BCUT2D eigenvalue weighted by Crippen LogP contribution is -2.49. The van der Waals surface area contributed by atoms with E-state index in [1.807, 2.05) is 0 Å². The predicted molar refractivity (Wildman–Crippen MR) is 80.7 cm³/mol. The van der Waals surface area contributed by atoms with Crippen LogP contribution in [0.2, 0.25) is 0 Å². The van der Waals surface area contributed by atoms with Crippen molar-refractivity contribution in [3.05, 3.63) is 0 Å². The summed E-state index contributed by atoms with van der Waals surface area (Å²) in [5, 5.41) is 18.1. The number of aliphatic hydroxyl groups excluding tert-OH is 1. The summed E-state index contributed by atoms with van der Waals surface area (Å²) >= 11 is 0. The fourth-order valence-electron chi connectivity index (χ4n) is 1.58. The zero-order chi connectivity index (χ0) is 18.7. The van der Waals surface area contributed by atoms with Crippen LogP contribution in [-0.2, 0) is 19.2 Å². The summed E-state index contributed by atoms with van der Waals surface area (Å²) in [7, 11) is 0. The van der Waals surface area contributed by atoms with Crippen molar-refractivity contribution in [3.8, 4) is 0 Å². The third-order valence-corrected chi connectivity index (χ3v) is 2.54. The van der Waals surface area contributed by atoms with Crippen LogP contribution in [-0.4, -0.2) is 70.5 Å². The molecule has 0 atom stereocenters. The molecule has 0 bridgehead atoms. The van der Waals surface area contributed by atoms with Gasteiger partial charge in [0.1, 0.15) is 0 Å². The van der Waals surface area contributed by atoms with E-state index in [9.17, 15) is 19.2 Å². The first kappa shape index (κ1) is 21.6. The normalized spacial score (nSPS) is 10.2. The van der Waals surface area contributed by atoms with Gasteiger partial charge in [0.25, 0.3) is 0 Å². The Labute approximate surface area is 139 Å². The topological polar surface area (TPSA) is 134 Å². The van der Waals surface area contributed by atoms with Crippen LogP contribution in [0, 0.1) is 5.92 Å². The summed E-state index contributed by atoms with van der Waals surface area (Å²) in [6.07, 6.45) is -1.82. The Bertz CT molecular complexity index is 452. The molecule has 138 valence electrons. The van der Waals surface area contributed by atoms with Gasteiger partial charge in [-0.2, -0.15) is 5.06 Å². The number of hydroxylamine groups is 2. The maximum absolute atomic E-state index is 12.4. The van der Waals surface area contributed by atoms with E-state index in [1.54, 1.807) is 20.8 Å². The van der Waals surface area contributed by atoms with Gasteiger partial charge in [-0.1, -0.05) is 13.8 Å². The summed E-state index contributed by atoms with van der Waals surface area (Å²) < 4.78 is 4.80. The molecule has 2 N–H and O–H groups in total. The quantitative estimate of drug-likeness (QED) is 0.616. The van der Waals surface area contributed by atoms with Gasteiger partial charge in [-0.25, -0.2) is 19.3 Å². The average Bonchev–Trinajstić information content (AvgIpc) is 2.49. The Morgan fingerprint density at radius 2 is 1.75 bits per heavy atom. The maximum atomic E-state index is 12.4. The predicted octanol–water partition coefficient (Wildman–Crippen LogP) is 0.838. The molecule has 24 heavy (non-hydrogen) atoms. The second-order valence-corrected chi connectivity index (χ2v) is 5.17. The van der Waals surface area contributed by atoms with Crippen LogP contribution in [0.5, 0.6) is 0 Å². The number of imide groups is 1. The third-order valence-electron chi connectivity index (χ3n) is 2.54. The first-order valence-corrected chi connectivity index (χ1v) is 7.52. The van der Waals surface area contributed by atoms with Gasteiger partial charge < -0.3 is 19.8 Å². The molecule has 0 aliphatic carbocycles.